The number of rotatable bonds is 7. The van der Waals surface area contributed by atoms with Gasteiger partial charge in [0.15, 0.2) is 0 Å². The Bertz CT molecular complexity index is 291. The topological polar surface area (TPSA) is 42.3 Å². The Balaban J connectivity index is 2.27. The van der Waals surface area contributed by atoms with Gasteiger partial charge in [0, 0.05) is 13.1 Å². The summed E-state index contributed by atoms with van der Waals surface area (Å²) in [6.07, 6.45) is 3.51. The highest BCUT2D eigenvalue weighted by atomic mass is 15.1. The molecule has 0 aromatic heterocycles. The first-order valence-electron chi connectivity index (χ1n) is 7.52. The summed E-state index contributed by atoms with van der Waals surface area (Å²) in [5, 5.41) is 12.5. The minimum Gasteiger partial charge on any atom is -0.306 e. The van der Waals surface area contributed by atoms with Gasteiger partial charge in [-0.2, -0.15) is 5.26 Å². The van der Waals surface area contributed by atoms with Crippen LogP contribution >= 0.6 is 0 Å². The lowest BCUT2D eigenvalue weighted by Gasteiger charge is -2.32. The standard InChI is InChI=1S/C15H30N4/c1-5-17-15(2,13-16)8-11-19(4)12-14-6-9-18(3)10-7-14/h14,17H,5-12H2,1-4H3. The van der Waals surface area contributed by atoms with Crippen LogP contribution in [0.5, 0.6) is 0 Å². The van der Waals surface area contributed by atoms with E-state index in [1.54, 1.807) is 0 Å². The number of likely N-dealkylation sites (tertiary alicyclic amines) is 1. The maximum atomic E-state index is 9.24. The Kier molecular flexibility index (Phi) is 6.78. The van der Waals surface area contributed by atoms with Crippen LogP contribution < -0.4 is 5.32 Å². The van der Waals surface area contributed by atoms with Crippen LogP contribution in [-0.4, -0.2) is 62.2 Å². The molecule has 1 aliphatic heterocycles. The summed E-state index contributed by atoms with van der Waals surface area (Å²) in [7, 11) is 4.39. The number of hydrogen-bond acceptors (Lipinski definition) is 4. The fourth-order valence-corrected chi connectivity index (χ4v) is 2.77. The van der Waals surface area contributed by atoms with Gasteiger partial charge >= 0.3 is 0 Å². The van der Waals surface area contributed by atoms with Gasteiger partial charge in [-0.05, 0) is 65.8 Å². The molecule has 4 heteroatoms. The SMILES string of the molecule is CCNC(C)(C#N)CCN(C)CC1CCN(C)CC1. The van der Waals surface area contributed by atoms with Gasteiger partial charge in [0.1, 0.15) is 5.54 Å². The van der Waals surface area contributed by atoms with Crippen molar-refractivity contribution >= 4 is 0 Å². The van der Waals surface area contributed by atoms with E-state index >= 15 is 0 Å². The van der Waals surface area contributed by atoms with Gasteiger partial charge in [-0.1, -0.05) is 6.92 Å². The molecule has 0 saturated carbocycles. The van der Waals surface area contributed by atoms with Gasteiger partial charge < -0.3 is 9.80 Å². The van der Waals surface area contributed by atoms with Crippen molar-refractivity contribution in [1.29, 1.82) is 5.26 Å². The Morgan fingerprint density at radius 2 is 2.05 bits per heavy atom. The first-order chi connectivity index (χ1) is 8.99. The lowest BCUT2D eigenvalue weighted by atomic mass is 9.95. The summed E-state index contributed by atoms with van der Waals surface area (Å²) >= 11 is 0. The monoisotopic (exact) mass is 266 g/mol. The van der Waals surface area contributed by atoms with Gasteiger partial charge in [0.2, 0.25) is 0 Å². The van der Waals surface area contributed by atoms with Gasteiger partial charge in [0.25, 0.3) is 0 Å². The Labute approximate surface area is 118 Å². The van der Waals surface area contributed by atoms with E-state index < -0.39 is 0 Å². The van der Waals surface area contributed by atoms with Crippen molar-refractivity contribution < 1.29 is 0 Å². The number of piperidine rings is 1. The fourth-order valence-electron chi connectivity index (χ4n) is 2.77. The zero-order chi connectivity index (χ0) is 14.3. The zero-order valence-electron chi connectivity index (χ0n) is 13.1. The van der Waals surface area contributed by atoms with Crippen molar-refractivity contribution in [3.63, 3.8) is 0 Å². The summed E-state index contributed by atoms with van der Waals surface area (Å²) in [5.74, 6) is 0.827. The van der Waals surface area contributed by atoms with Crippen LogP contribution in [0, 0.1) is 17.2 Å². The maximum Gasteiger partial charge on any atom is 0.105 e. The van der Waals surface area contributed by atoms with Crippen LogP contribution in [0.3, 0.4) is 0 Å². The molecule has 0 radical (unpaired) electrons. The molecule has 1 fully saturated rings. The first-order valence-corrected chi connectivity index (χ1v) is 7.52. The molecule has 110 valence electrons. The second-order valence-corrected chi connectivity index (χ2v) is 6.23. The van der Waals surface area contributed by atoms with E-state index in [0.29, 0.717) is 0 Å². The van der Waals surface area contributed by atoms with E-state index in [9.17, 15) is 5.26 Å². The summed E-state index contributed by atoms with van der Waals surface area (Å²) in [5.41, 5.74) is -0.379. The normalized spacial score (nSPS) is 21.3. The van der Waals surface area contributed by atoms with Crippen LogP contribution in [0.4, 0.5) is 0 Å². The molecule has 1 heterocycles. The molecular formula is C15H30N4. The van der Waals surface area contributed by atoms with Gasteiger partial charge in [-0.3, -0.25) is 5.32 Å². The highest BCUT2D eigenvalue weighted by molar-refractivity contribution is 5.03. The second kappa shape index (κ2) is 7.84. The molecule has 0 aliphatic carbocycles. The predicted octanol–water partition coefficient (Wildman–Crippen LogP) is 1.54. The van der Waals surface area contributed by atoms with Crippen molar-refractivity contribution in [3.05, 3.63) is 0 Å². The Hall–Kier alpha value is -0.630. The third-order valence-electron chi connectivity index (χ3n) is 4.22. The van der Waals surface area contributed by atoms with Crippen molar-refractivity contribution in [2.75, 3.05) is 46.8 Å². The third-order valence-corrected chi connectivity index (χ3v) is 4.22. The third kappa shape index (κ3) is 5.90. The molecule has 0 aromatic carbocycles. The highest BCUT2D eigenvalue weighted by Crippen LogP contribution is 2.17. The molecule has 1 unspecified atom stereocenters. The van der Waals surface area contributed by atoms with E-state index in [1.165, 1.54) is 32.5 Å². The molecule has 0 spiro atoms. The number of nitriles is 1. The van der Waals surface area contributed by atoms with E-state index in [4.69, 9.17) is 0 Å². The molecule has 19 heavy (non-hydrogen) atoms. The van der Waals surface area contributed by atoms with Crippen LogP contribution in [0.1, 0.15) is 33.1 Å². The number of hydrogen-bond donors (Lipinski definition) is 1. The van der Waals surface area contributed by atoms with E-state index in [-0.39, 0.29) is 5.54 Å². The minimum absolute atomic E-state index is 0.379. The largest absolute Gasteiger partial charge is 0.306 e. The maximum absolute atomic E-state index is 9.24. The van der Waals surface area contributed by atoms with Gasteiger partial charge in [0.05, 0.1) is 6.07 Å². The fraction of sp³-hybridized carbons (Fsp3) is 0.933. The lowest BCUT2D eigenvalue weighted by Crippen LogP contribution is -2.44. The molecule has 0 amide bonds. The van der Waals surface area contributed by atoms with Gasteiger partial charge in [-0.15, -0.1) is 0 Å². The zero-order valence-corrected chi connectivity index (χ0v) is 13.1. The number of nitrogens with zero attached hydrogens (tertiary/aromatic N) is 3. The Morgan fingerprint density at radius 3 is 2.58 bits per heavy atom. The summed E-state index contributed by atoms with van der Waals surface area (Å²) in [6, 6.07) is 2.40. The summed E-state index contributed by atoms with van der Waals surface area (Å²) < 4.78 is 0. The molecule has 0 bridgehead atoms. The smallest absolute Gasteiger partial charge is 0.105 e. The van der Waals surface area contributed by atoms with E-state index in [2.05, 4.69) is 42.2 Å². The average molecular weight is 266 g/mol. The van der Waals surface area contributed by atoms with Crippen LogP contribution in [0.15, 0.2) is 0 Å². The summed E-state index contributed by atoms with van der Waals surface area (Å²) in [6.45, 7) is 9.52. The molecule has 1 saturated heterocycles. The quantitative estimate of drug-likeness (QED) is 0.759. The molecule has 1 aliphatic rings. The molecule has 4 nitrogen and oxygen atoms in total. The molecule has 0 aromatic rings. The van der Waals surface area contributed by atoms with Crippen molar-refractivity contribution in [3.8, 4) is 6.07 Å². The van der Waals surface area contributed by atoms with Gasteiger partial charge in [-0.25, -0.2) is 0 Å². The van der Waals surface area contributed by atoms with Crippen molar-refractivity contribution in [2.45, 2.75) is 38.6 Å². The highest BCUT2D eigenvalue weighted by Gasteiger charge is 2.23. The lowest BCUT2D eigenvalue weighted by molar-refractivity contribution is 0.171. The van der Waals surface area contributed by atoms with Crippen molar-refractivity contribution in [2.24, 2.45) is 5.92 Å². The second-order valence-electron chi connectivity index (χ2n) is 6.23. The molecular weight excluding hydrogens is 236 g/mol. The minimum atomic E-state index is -0.379. The molecule has 1 rings (SSSR count). The average Bonchev–Trinajstić information content (AvgIpc) is 2.40. The van der Waals surface area contributed by atoms with Crippen LogP contribution in [-0.2, 0) is 0 Å². The molecule has 1 N–H and O–H groups in total. The summed E-state index contributed by atoms with van der Waals surface area (Å²) in [4.78, 5) is 4.80. The molecule has 1 atom stereocenters. The van der Waals surface area contributed by atoms with E-state index in [0.717, 1.165) is 25.4 Å². The first kappa shape index (κ1) is 16.4. The Morgan fingerprint density at radius 1 is 1.42 bits per heavy atom. The number of nitrogens with one attached hydrogen (secondary N) is 1. The van der Waals surface area contributed by atoms with Crippen LogP contribution in [0.25, 0.3) is 0 Å². The predicted molar refractivity (Wildman–Crippen MR) is 80.0 cm³/mol. The van der Waals surface area contributed by atoms with E-state index in [1.807, 2.05) is 6.92 Å². The van der Waals surface area contributed by atoms with Crippen LogP contribution in [0.2, 0.25) is 0 Å². The van der Waals surface area contributed by atoms with Crippen molar-refractivity contribution in [1.82, 2.24) is 15.1 Å².